The Morgan fingerprint density at radius 3 is 2.50 bits per heavy atom. The number of hydrazone groups is 1. The lowest BCUT2D eigenvalue weighted by Crippen LogP contribution is -2.32. The van der Waals surface area contributed by atoms with Gasteiger partial charge in [-0.3, -0.25) is 9.59 Å². The van der Waals surface area contributed by atoms with E-state index in [1.54, 1.807) is 12.1 Å². The van der Waals surface area contributed by atoms with Crippen LogP contribution in [0.15, 0.2) is 77.9 Å². The molecule has 30 heavy (non-hydrogen) atoms. The van der Waals surface area contributed by atoms with E-state index in [1.807, 2.05) is 74.5 Å². The summed E-state index contributed by atoms with van der Waals surface area (Å²) in [6.45, 7) is 4.28. The lowest BCUT2D eigenvalue weighted by atomic mass is 10.1. The standard InChI is InChI=1S/C24H23N3O3/c1-17-8-6-13-22(18(17)2)26-23(28)24(29)27-25-15-20-11-7-12-21(14-20)30-16-19-9-4-3-5-10-19/h3-15H,16H2,1-2H3,(H,26,28)(H,27,29)/b25-15-. The number of amides is 2. The molecule has 3 aromatic carbocycles. The minimum absolute atomic E-state index is 0.455. The van der Waals surface area contributed by atoms with Gasteiger partial charge in [0, 0.05) is 5.69 Å². The number of carbonyl (C=O) groups is 2. The minimum atomic E-state index is -0.844. The van der Waals surface area contributed by atoms with Crippen molar-refractivity contribution >= 4 is 23.7 Å². The van der Waals surface area contributed by atoms with Crippen molar-refractivity contribution in [1.29, 1.82) is 0 Å². The maximum Gasteiger partial charge on any atom is 0.329 e. The van der Waals surface area contributed by atoms with Crippen molar-refractivity contribution in [2.45, 2.75) is 20.5 Å². The van der Waals surface area contributed by atoms with Gasteiger partial charge in [-0.2, -0.15) is 5.10 Å². The van der Waals surface area contributed by atoms with Gasteiger partial charge in [0.05, 0.1) is 6.21 Å². The second-order valence-corrected chi connectivity index (χ2v) is 6.75. The predicted molar refractivity (Wildman–Crippen MR) is 117 cm³/mol. The summed E-state index contributed by atoms with van der Waals surface area (Å²) in [6.07, 6.45) is 1.46. The third-order valence-corrected chi connectivity index (χ3v) is 4.55. The zero-order valence-corrected chi connectivity index (χ0v) is 16.9. The highest BCUT2D eigenvalue weighted by atomic mass is 16.5. The van der Waals surface area contributed by atoms with Crippen molar-refractivity contribution < 1.29 is 14.3 Å². The molecule has 3 rings (SSSR count). The maximum atomic E-state index is 12.1. The average Bonchev–Trinajstić information content (AvgIpc) is 2.76. The number of nitrogens with zero attached hydrogens (tertiary/aromatic N) is 1. The first-order chi connectivity index (χ1) is 14.5. The Kier molecular flexibility index (Phi) is 6.95. The second kappa shape index (κ2) is 10.0. The molecule has 0 radical (unpaired) electrons. The molecule has 0 fully saturated rings. The number of aryl methyl sites for hydroxylation is 1. The van der Waals surface area contributed by atoms with Crippen molar-refractivity contribution in [2.75, 3.05) is 5.32 Å². The number of anilines is 1. The first-order valence-corrected chi connectivity index (χ1v) is 9.50. The highest BCUT2D eigenvalue weighted by Crippen LogP contribution is 2.17. The smallest absolute Gasteiger partial charge is 0.329 e. The Hall–Kier alpha value is -3.93. The zero-order chi connectivity index (χ0) is 21.3. The second-order valence-electron chi connectivity index (χ2n) is 6.75. The topological polar surface area (TPSA) is 79.8 Å². The zero-order valence-electron chi connectivity index (χ0n) is 16.9. The van der Waals surface area contributed by atoms with E-state index < -0.39 is 11.8 Å². The first kappa shape index (κ1) is 20.8. The van der Waals surface area contributed by atoms with Crippen LogP contribution in [0.3, 0.4) is 0 Å². The fourth-order valence-corrected chi connectivity index (χ4v) is 2.71. The molecule has 0 saturated carbocycles. The van der Waals surface area contributed by atoms with Gasteiger partial charge in [-0.05, 0) is 54.3 Å². The third-order valence-electron chi connectivity index (χ3n) is 4.55. The summed E-state index contributed by atoms with van der Waals surface area (Å²) in [4.78, 5) is 24.1. The summed E-state index contributed by atoms with van der Waals surface area (Å²) < 4.78 is 5.77. The molecule has 0 unspecified atom stereocenters. The molecule has 6 heteroatoms. The predicted octanol–water partition coefficient (Wildman–Crippen LogP) is 3.97. The number of hydrogen-bond donors (Lipinski definition) is 2. The van der Waals surface area contributed by atoms with E-state index in [0.29, 0.717) is 18.0 Å². The monoisotopic (exact) mass is 401 g/mol. The Morgan fingerprint density at radius 1 is 0.933 bits per heavy atom. The molecule has 0 bridgehead atoms. The molecule has 0 saturated heterocycles. The molecular formula is C24H23N3O3. The molecule has 2 amide bonds. The van der Waals surface area contributed by atoms with E-state index in [1.165, 1.54) is 6.21 Å². The molecule has 0 heterocycles. The summed E-state index contributed by atoms with van der Waals surface area (Å²) in [5.74, 6) is -0.939. The molecule has 0 aliphatic rings. The number of nitrogens with one attached hydrogen (secondary N) is 2. The molecule has 6 nitrogen and oxygen atoms in total. The summed E-state index contributed by atoms with van der Waals surface area (Å²) in [6, 6.07) is 22.7. The van der Waals surface area contributed by atoms with Gasteiger partial charge in [0.25, 0.3) is 0 Å². The van der Waals surface area contributed by atoms with Crippen molar-refractivity contribution in [3.05, 3.63) is 95.1 Å². The van der Waals surface area contributed by atoms with Crippen LogP contribution >= 0.6 is 0 Å². The highest BCUT2D eigenvalue weighted by Gasteiger charge is 2.14. The first-order valence-electron chi connectivity index (χ1n) is 9.50. The molecule has 0 aromatic heterocycles. The Balaban J connectivity index is 1.53. The van der Waals surface area contributed by atoms with Crippen LogP contribution in [0, 0.1) is 13.8 Å². The van der Waals surface area contributed by atoms with Crippen LogP contribution in [-0.2, 0) is 16.2 Å². The molecule has 3 aromatic rings. The van der Waals surface area contributed by atoms with Crippen LogP contribution in [0.2, 0.25) is 0 Å². The number of benzene rings is 3. The summed E-state index contributed by atoms with van der Waals surface area (Å²) in [7, 11) is 0. The van der Waals surface area contributed by atoms with E-state index in [0.717, 1.165) is 22.3 Å². The van der Waals surface area contributed by atoms with Crippen LogP contribution in [0.5, 0.6) is 5.75 Å². The van der Waals surface area contributed by atoms with Crippen molar-refractivity contribution in [3.63, 3.8) is 0 Å². The van der Waals surface area contributed by atoms with Crippen LogP contribution < -0.4 is 15.5 Å². The quantitative estimate of drug-likeness (QED) is 0.373. The Labute approximate surface area is 175 Å². The average molecular weight is 401 g/mol. The van der Waals surface area contributed by atoms with Crippen LogP contribution in [0.25, 0.3) is 0 Å². The number of ether oxygens (including phenoxy) is 1. The van der Waals surface area contributed by atoms with Gasteiger partial charge >= 0.3 is 11.8 Å². The number of carbonyl (C=O) groups excluding carboxylic acids is 2. The van der Waals surface area contributed by atoms with Crippen molar-refractivity contribution in [3.8, 4) is 5.75 Å². The van der Waals surface area contributed by atoms with Crippen LogP contribution in [-0.4, -0.2) is 18.0 Å². The molecular weight excluding hydrogens is 378 g/mol. The molecule has 2 N–H and O–H groups in total. The Bertz CT molecular complexity index is 1060. The molecule has 0 aliphatic carbocycles. The van der Waals surface area contributed by atoms with Gasteiger partial charge in [0.2, 0.25) is 0 Å². The summed E-state index contributed by atoms with van der Waals surface area (Å²) >= 11 is 0. The fraction of sp³-hybridized carbons (Fsp3) is 0.125. The third kappa shape index (κ3) is 5.78. The summed E-state index contributed by atoms with van der Waals surface area (Å²) in [5.41, 5.74) is 6.58. The van der Waals surface area contributed by atoms with Gasteiger partial charge in [-0.15, -0.1) is 0 Å². The number of hydrogen-bond acceptors (Lipinski definition) is 4. The lowest BCUT2D eigenvalue weighted by molar-refractivity contribution is -0.136. The van der Waals surface area contributed by atoms with Crippen LogP contribution in [0.4, 0.5) is 5.69 Å². The molecule has 0 spiro atoms. The minimum Gasteiger partial charge on any atom is -0.489 e. The summed E-state index contributed by atoms with van der Waals surface area (Å²) in [5, 5.41) is 6.46. The SMILES string of the molecule is Cc1cccc(NC(=O)C(=O)N/N=C\c2cccc(OCc3ccccc3)c2)c1C. The number of rotatable bonds is 6. The molecule has 152 valence electrons. The molecule has 0 aliphatic heterocycles. The van der Waals surface area contributed by atoms with E-state index in [-0.39, 0.29) is 0 Å². The van der Waals surface area contributed by atoms with Crippen LogP contribution in [0.1, 0.15) is 22.3 Å². The maximum absolute atomic E-state index is 12.1. The van der Waals surface area contributed by atoms with Crippen molar-refractivity contribution in [2.24, 2.45) is 5.10 Å². The lowest BCUT2D eigenvalue weighted by Gasteiger charge is -2.09. The van der Waals surface area contributed by atoms with Gasteiger partial charge in [-0.1, -0.05) is 54.6 Å². The van der Waals surface area contributed by atoms with Gasteiger partial charge < -0.3 is 10.1 Å². The fourth-order valence-electron chi connectivity index (χ4n) is 2.71. The van der Waals surface area contributed by atoms with Gasteiger partial charge in [0.1, 0.15) is 12.4 Å². The van der Waals surface area contributed by atoms with E-state index in [9.17, 15) is 9.59 Å². The highest BCUT2D eigenvalue weighted by molar-refractivity contribution is 6.39. The van der Waals surface area contributed by atoms with E-state index >= 15 is 0 Å². The van der Waals surface area contributed by atoms with Crippen molar-refractivity contribution in [1.82, 2.24) is 5.43 Å². The molecule has 0 atom stereocenters. The van der Waals surface area contributed by atoms with E-state index in [4.69, 9.17) is 4.74 Å². The van der Waals surface area contributed by atoms with Gasteiger partial charge in [0.15, 0.2) is 0 Å². The largest absolute Gasteiger partial charge is 0.489 e. The van der Waals surface area contributed by atoms with Gasteiger partial charge in [-0.25, -0.2) is 5.43 Å². The van der Waals surface area contributed by atoms with E-state index in [2.05, 4.69) is 15.8 Å². The Morgan fingerprint density at radius 2 is 1.70 bits per heavy atom. The normalized spacial score (nSPS) is 10.6.